The molecule has 1 aromatic heterocycles. The summed E-state index contributed by atoms with van der Waals surface area (Å²) in [6, 6.07) is 9.77. The third kappa shape index (κ3) is 2.24. The molecule has 0 spiro atoms. The highest BCUT2D eigenvalue weighted by Gasteiger charge is 2.16. The van der Waals surface area contributed by atoms with Gasteiger partial charge in [-0.3, -0.25) is 0 Å². The highest BCUT2D eigenvalue weighted by atomic mass is 19.2. The second-order valence-corrected chi connectivity index (χ2v) is 4.93. The van der Waals surface area contributed by atoms with Gasteiger partial charge in [0, 0.05) is 23.9 Å². The zero-order valence-electron chi connectivity index (χ0n) is 11.6. The van der Waals surface area contributed by atoms with Crippen molar-refractivity contribution in [1.82, 2.24) is 9.55 Å². The Kier molecular flexibility index (Phi) is 3.33. The topological polar surface area (TPSA) is 43.8 Å². The molecule has 5 heteroatoms. The van der Waals surface area contributed by atoms with Crippen LogP contribution in [0.15, 0.2) is 36.4 Å². The molecule has 0 fully saturated rings. The predicted octanol–water partition coefficient (Wildman–Crippen LogP) is 3.97. The molecule has 0 aliphatic rings. The molecular weight excluding hydrogens is 272 g/mol. The van der Waals surface area contributed by atoms with Crippen LogP contribution in [0, 0.1) is 11.6 Å². The number of aryl methyl sites for hydroxylation is 1. The van der Waals surface area contributed by atoms with Crippen molar-refractivity contribution in [3.8, 4) is 11.4 Å². The average Bonchev–Trinajstić information content (AvgIpc) is 2.82. The maximum Gasteiger partial charge on any atom is 0.160 e. The van der Waals surface area contributed by atoms with Gasteiger partial charge in [-0.15, -0.1) is 0 Å². The monoisotopic (exact) mass is 287 g/mol. The Bertz CT molecular complexity index is 809. The summed E-state index contributed by atoms with van der Waals surface area (Å²) in [6.45, 7) is 2.78. The number of halogens is 2. The number of hydrogen-bond donors (Lipinski definition) is 1. The van der Waals surface area contributed by atoms with E-state index in [1.807, 2.05) is 35.8 Å². The van der Waals surface area contributed by atoms with Gasteiger partial charge < -0.3 is 10.3 Å². The van der Waals surface area contributed by atoms with E-state index in [1.165, 1.54) is 0 Å². The minimum absolute atomic E-state index is 0.182. The van der Waals surface area contributed by atoms with Crippen LogP contribution in [-0.2, 0) is 6.54 Å². The van der Waals surface area contributed by atoms with Crippen LogP contribution in [0.25, 0.3) is 22.4 Å². The van der Waals surface area contributed by atoms with Gasteiger partial charge in [-0.2, -0.15) is 0 Å². The van der Waals surface area contributed by atoms with E-state index >= 15 is 0 Å². The molecule has 0 bridgehead atoms. The van der Waals surface area contributed by atoms with E-state index in [9.17, 15) is 8.78 Å². The Balaban J connectivity index is 2.29. The Morgan fingerprint density at radius 2 is 1.86 bits per heavy atom. The summed E-state index contributed by atoms with van der Waals surface area (Å²) in [6.07, 6.45) is 0.900. The van der Waals surface area contributed by atoms with Crippen LogP contribution in [0.1, 0.15) is 13.3 Å². The normalized spacial score (nSPS) is 11.2. The van der Waals surface area contributed by atoms with Crippen molar-refractivity contribution in [1.29, 1.82) is 0 Å². The van der Waals surface area contributed by atoms with E-state index in [0.717, 1.165) is 36.1 Å². The summed E-state index contributed by atoms with van der Waals surface area (Å²) >= 11 is 0. The maximum absolute atomic E-state index is 13.6. The number of rotatable bonds is 3. The minimum atomic E-state index is -0.950. The van der Waals surface area contributed by atoms with Gasteiger partial charge in [0.2, 0.25) is 0 Å². The number of hydrogen-bond acceptors (Lipinski definition) is 2. The van der Waals surface area contributed by atoms with Crippen LogP contribution in [0.3, 0.4) is 0 Å². The van der Waals surface area contributed by atoms with Crippen LogP contribution in [-0.4, -0.2) is 9.55 Å². The second kappa shape index (κ2) is 5.16. The van der Waals surface area contributed by atoms with Crippen LogP contribution in [0.5, 0.6) is 0 Å². The second-order valence-electron chi connectivity index (χ2n) is 4.93. The molecule has 0 aliphatic carbocycles. The van der Waals surface area contributed by atoms with Crippen molar-refractivity contribution < 1.29 is 8.78 Å². The molecule has 3 rings (SSSR count). The molecule has 0 saturated carbocycles. The summed E-state index contributed by atoms with van der Waals surface area (Å²) in [5.41, 5.74) is 8.21. The molecule has 0 saturated heterocycles. The van der Waals surface area contributed by atoms with Gasteiger partial charge in [0.15, 0.2) is 11.6 Å². The largest absolute Gasteiger partial charge is 0.398 e. The SMILES string of the molecule is CCCn1c(-c2cc(F)c(F)cc2N)nc2ccccc21. The molecule has 3 nitrogen and oxygen atoms in total. The Morgan fingerprint density at radius 3 is 2.62 bits per heavy atom. The van der Waals surface area contributed by atoms with Crippen molar-refractivity contribution in [2.45, 2.75) is 19.9 Å². The van der Waals surface area contributed by atoms with E-state index in [2.05, 4.69) is 4.98 Å². The van der Waals surface area contributed by atoms with E-state index in [-0.39, 0.29) is 5.69 Å². The van der Waals surface area contributed by atoms with E-state index in [4.69, 9.17) is 5.73 Å². The third-order valence-electron chi connectivity index (χ3n) is 3.44. The van der Waals surface area contributed by atoms with Crippen LogP contribution in [0.2, 0.25) is 0 Å². The Morgan fingerprint density at radius 1 is 1.14 bits per heavy atom. The van der Waals surface area contributed by atoms with Gasteiger partial charge in [-0.1, -0.05) is 19.1 Å². The van der Waals surface area contributed by atoms with Crippen LogP contribution in [0.4, 0.5) is 14.5 Å². The lowest BCUT2D eigenvalue weighted by molar-refractivity contribution is 0.509. The number of imidazole rings is 1. The molecule has 0 unspecified atom stereocenters. The van der Waals surface area contributed by atoms with Gasteiger partial charge >= 0.3 is 0 Å². The number of nitrogens with zero attached hydrogens (tertiary/aromatic N) is 2. The first kappa shape index (κ1) is 13.5. The van der Waals surface area contributed by atoms with Gasteiger partial charge in [-0.05, 0) is 24.6 Å². The lowest BCUT2D eigenvalue weighted by Crippen LogP contribution is -2.03. The zero-order chi connectivity index (χ0) is 15.0. The summed E-state index contributed by atoms with van der Waals surface area (Å²) in [7, 11) is 0. The molecule has 0 amide bonds. The predicted molar refractivity (Wildman–Crippen MR) is 79.8 cm³/mol. The van der Waals surface area contributed by atoms with Crippen molar-refractivity contribution >= 4 is 16.7 Å². The average molecular weight is 287 g/mol. The summed E-state index contributed by atoms with van der Waals surface area (Å²) in [5.74, 6) is -1.31. The van der Waals surface area contributed by atoms with Crippen molar-refractivity contribution in [3.05, 3.63) is 48.0 Å². The van der Waals surface area contributed by atoms with Gasteiger partial charge in [0.1, 0.15) is 5.82 Å². The highest BCUT2D eigenvalue weighted by molar-refractivity contribution is 5.83. The zero-order valence-corrected chi connectivity index (χ0v) is 11.6. The van der Waals surface area contributed by atoms with Crippen molar-refractivity contribution in [2.75, 3.05) is 5.73 Å². The lowest BCUT2D eigenvalue weighted by Gasteiger charge is -2.10. The smallest absolute Gasteiger partial charge is 0.160 e. The van der Waals surface area contributed by atoms with Crippen LogP contribution < -0.4 is 5.73 Å². The number of fused-ring (bicyclic) bond motifs is 1. The van der Waals surface area contributed by atoms with Gasteiger partial charge in [-0.25, -0.2) is 13.8 Å². The molecule has 0 radical (unpaired) electrons. The quantitative estimate of drug-likeness (QED) is 0.741. The molecule has 2 N–H and O–H groups in total. The van der Waals surface area contributed by atoms with Gasteiger partial charge in [0.25, 0.3) is 0 Å². The van der Waals surface area contributed by atoms with Crippen molar-refractivity contribution in [2.24, 2.45) is 0 Å². The minimum Gasteiger partial charge on any atom is -0.398 e. The molecule has 0 aliphatic heterocycles. The molecule has 2 aromatic carbocycles. The Hall–Kier alpha value is -2.43. The first-order valence-electron chi connectivity index (χ1n) is 6.82. The number of para-hydroxylation sites is 2. The fourth-order valence-electron chi connectivity index (χ4n) is 2.49. The van der Waals surface area contributed by atoms with E-state index in [0.29, 0.717) is 11.4 Å². The van der Waals surface area contributed by atoms with Crippen LogP contribution >= 0.6 is 0 Å². The lowest BCUT2D eigenvalue weighted by atomic mass is 10.1. The van der Waals surface area contributed by atoms with Crippen molar-refractivity contribution in [3.63, 3.8) is 0 Å². The Labute approximate surface area is 121 Å². The molecule has 0 atom stereocenters. The molecule has 21 heavy (non-hydrogen) atoms. The first-order valence-corrected chi connectivity index (χ1v) is 6.82. The summed E-state index contributed by atoms with van der Waals surface area (Å²) in [4.78, 5) is 4.53. The number of anilines is 1. The van der Waals surface area contributed by atoms with Gasteiger partial charge in [0.05, 0.1) is 11.0 Å². The fraction of sp³-hybridized carbons (Fsp3) is 0.188. The summed E-state index contributed by atoms with van der Waals surface area (Å²) < 4.78 is 28.8. The standard InChI is InChI=1S/C16H15F2N3/c1-2-7-21-15-6-4-3-5-14(15)20-16(21)10-8-11(17)12(18)9-13(10)19/h3-6,8-9H,2,7,19H2,1H3. The molecular formula is C16H15F2N3. The number of nitrogens with two attached hydrogens (primary N) is 1. The highest BCUT2D eigenvalue weighted by Crippen LogP contribution is 2.30. The number of aromatic nitrogens is 2. The molecule has 3 aromatic rings. The van der Waals surface area contributed by atoms with E-state index < -0.39 is 11.6 Å². The third-order valence-corrected chi connectivity index (χ3v) is 3.44. The summed E-state index contributed by atoms with van der Waals surface area (Å²) in [5, 5.41) is 0. The number of nitrogen functional groups attached to an aromatic ring is 1. The number of benzene rings is 2. The van der Waals surface area contributed by atoms with E-state index in [1.54, 1.807) is 0 Å². The molecule has 1 heterocycles. The molecule has 108 valence electrons. The fourth-order valence-corrected chi connectivity index (χ4v) is 2.49. The first-order chi connectivity index (χ1) is 10.1. The maximum atomic E-state index is 13.6.